The number of rotatable bonds is 7. The Morgan fingerprint density at radius 1 is 1.53 bits per heavy atom. The molecule has 0 amide bonds. The summed E-state index contributed by atoms with van der Waals surface area (Å²) in [4.78, 5) is 10.9. The highest BCUT2D eigenvalue weighted by molar-refractivity contribution is 6.29. The van der Waals surface area contributed by atoms with Gasteiger partial charge in [-0.3, -0.25) is 4.90 Å². The predicted molar refractivity (Wildman–Crippen MR) is 76.5 cm³/mol. The molecular formula is C13H21ClN4O. The van der Waals surface area contributed by atoms with E-state index in [1.807, 2.05) is 0 Å². The fourth-order valence-electron chi connectivity index (χ4n) is 1.99. The summed E-state index contributed by atoms with van der Waals surface area (Å²) < 4.78 is 5.02. The summed E-state index contributed by atoms with van der Waals surface area (Å²) in [7, 11) is 3.79. The van der Waals surface area contributed by atoms with Gasteiger partial charge in [-0.1, -0.05) is 11.6 Å². The largest absolute Gasteiger partial charge is 0.377 e. The normalized spacial score (nSPS) is 16.7. The molecule has 1 N–H and O–H groups in total. The molecule has 0 saturated heterocycles. The van der Waals surface area contributed by atoms with E-state index in [0.717, 1.165) is 18.4 Å². The minimum atomic E-state index is 0.368. The highest BCUT2D eigenvalue weighted by Crippen LogP contribution is 2.26. The molecule has 106 valence electrons. The van der Waals surface area contributed by atoms with Gasteiger partial charge in [-0.05, 0) is 26.8 Å². The Morgan fingerprint density at radius 2 is 2.26 bits per heavy atom. The second-order valence-electron chi connectivity index (χ2n) is 5.05. The highest BCUT2D eigenvalue weighted by atomic mass is 35.5. The van der Waals surface area contributed by atoms with E-state index in [4.69, 9.17) is 16.3 Å². The van der Waals surface area contributed by atoms with Crippen molar-refractivity contribution in [1.29, 1.82) is 0 Å². The zero-order valence-electron chi connectivity index (χ0n) is 11.7. The van der Waals surface area contributed by atoms with E-state index < -0.39 is 0 Å². The first-order valence-electron chi connectivity index (χ1n) is 6.58. The van der Waals surface area contributed by atoms with E-state index in [0.29, 0.717) is 23.6 Å². The lowest BCUT2D eigenvalue weighted by atomic mass is 10.3. The number of halogens is 1. The highest BCUT2D eigenvalue weighted by Gasteiger charge is 2.28. The molecule has 1 aliphatic rings. The summed E-state index contributed by atoms with van der Waals surface area (Å²) in [6, 6.07) is 2.96. The molecule has 1 atom stereocenters. The molecule has 0 radical (unpaired) electrons. The molecule has 1 unspecified atom stereocenters. The van der Waals surface area contributed by atoms with Crippen LogP contribution in [0.25, 0.3) is 0 Å². The average molecular weight is 285 g/mol. The van der Waals surface area contributed by atoms with Gasteiger partial charge in [0.2, 0.25) is 0 Å². The Bertz CT molecular complexity index is 425. The number of aromatic nitrogens is 2. The third-order valence-corrected chi connectivity index (χ3v) is 3.60. The van der Waals surface area contributed by atoms with Crippen LogP contribution >= 0.6 is 11.6 Å². The van der Waals surface area contributed by atoms with Gasteiger partial charge in [-0.25, -0.2) is 9.97 Å². The van der Waals surface area contributed by atoms with E-state index >= 15 is 0 Å². The molecule has 1 fully saturated rings. The van der Waals surface area contributed by atoms with Crippen LogP contribution in [0.15, 0.2) is 6.07 Å². The van der Waals surface area contributed by atoms with Gasteiger partial charge in [0.05, 0.1) is 0 Å². The summed E-state index contributed by atoms with van der Waals surface area (Å²) in [5.74, 6) is 1.35. The van der Waals surface area contributed by atoms with Crippen molar-refractivity contribution >= 4 is 17.4 Å². The van der Waals surface area contributed by atoms with Crippen LogP contribution in [0.1, 0.15) is 25.6 Å². The molecule has 0 spiro atoms. The van der Waals surface area contributed by atoms with Crippen molar-refractivity contribution in [3.63, 3.8) is 0 Å². The molecule has 19 heavy (non-hydrogen) atoms. The number of methoxy groups -OCH3 is 1. The number of hydrogen-bond donors (Lipinski definition) is 1. The van der Waals surface area contributed by atoms with Crippen LogP contribution in [-0.4, -0.2) is 47.7 Å². The van der Waals surface area contributed by atoms with Crippen molar-refractivity contribution < 1.29 is 4.74 Å². The Kier molecular flexibility index (Phi) is 4.96. The molecule has 1 heterocycles. The van der Waals surface area contributed by atoms with E-state index in [1.54, 1.807) is 13.2 Å². The topological polar surface area (TPSA) is 50.3 Å². The molecule has 1 saturated carbocycles. The Balaban J connectivity index is 1.90. The Labute approximate surface area is 119 Å². The van der Waals surface area contributed by atoms with E-state index in [2.05, 4.69) is 34.2 Å². The molecule has 0 bridgehead atoms. The van der Waals surface area contributed by atoms with Gasteiger partial charge in [0.1, 0.15) is 17.6 Å². The first-order valence-corrected chi connectivity index (χ1v) is 6.96. The molecule has 0 aliphatic heterocycles. The van der Waals surface area contributed by atoms with Crippen molar-refractivity contribution in [3.8, 4) is 0 Å². The maximum absolute atomic E-state index is 5.97. The number of hydrogen-bond acceptors (Lipinski definition) is 5. The number of likely N-dealkylation sites (N-methyl/N-ethyl adjacent to an activating group) is 1. The van der Waals surface area contributed by atoms with Crippen LogP contribution in [0.4, 0.5) is 5.82 Å². The zero-order valence-corrected chi connectivity index (χ0v) is 12.4. The van der Waals surface area contributed by atoms with Crippen LogP contribution in [0.2, 0.25) is 5.15 Å². The van der Waals surface area contributed by atoms with Crippen molar-refractivity contribution in [2.75, 3.05) is 26.0 Å². The molecule has 2 rings (SSSR count). The van der Waals surface area contributed by atoms with Gasteiger partial charge >= 0.3 is 0 Å². The zero-order chi connectivity index (χ0) is 13.8. The molecule has 0 aromatic carbocycles. The molecule has 1 aliphatic carbocycles. The van der Waals surface area contributed by atoms with Crippen molar-refractivity contribution in [3.05, 3.63) is 17.0 Å². The van der Waals surface area contributed by atoms with Gasteiger partial charge in [0.25, 0.3) is 0 Å². The first-order chi connectivity index (χ1) is 9.10. The molecule has 6 heteroatoms. The molecule has 5 nitrogen and oxygen atoms in total. The second-order valence-corrected chi connectivity index (χ2v) is 5.44. The standard InChI is InChI=1S/C13H21ClN4O/c1-9(18(2)10-4-5-10)7-15-12-6-11(14)16-13(17-12)8-19-3/h6,9-10H,4-5,7-8H2,1-3H3,(H,15,16,17). The number of nitrogens with one attached hydrogen (secondary N) is 1. The predicted octanol–water partition coefficient (Wildman–Crippen LogP) is 2.17. The molecular weight excluding hydrogens is 264 g/mol. The Morgan fingerprint density at radius 3 is 2.89 bits per heavy atom. The minimum absolute atomic E-state index is 0.368. The lowest BCUT2D eigenvalue weighted by Crippen LogP contribution is -2.36. The summed E-state index contributed by atoms with van der Waals surface area (Å²) in [6.45, 7) is 3.42. The van der Waals surface area contributed by atoms with Gasteiger partial charge in [-0.15, -0.1) is 0 Å². The summed E-state index contributed by atoms with van der Waals surface area (Å²) in [6.07, 6.45) is 2.64. The quantitative estimate of drug-likeness (QED) is 0.778. The van der Waals surface area contributed by atoms with E-state index in [1.165, 1.54) is 12.8 Å². The maximum Gasteiger partial charge on any atom is 0.158 e. The van der Waals surface area contributed by atoms with Gasteiger partial charge in [0, 0.05) is 31.8 Å². The minimum Gasteiger partial charge on any atom is -0.377 e. The monoisotopic (exact) mass is 284 g/mol. The summed E-state index contributed by atoms with van der Waals surface area (Å²) in [5.41, 5.74) is 0. The average Bonchev–Trinajstić information content (AvgIpc) is 3.19. The summed E-state index contributed by atoms with van der Waals surface area (Å²) >= 11 is 5.97. The van der Waals surface area contributed by atoms with Crippen molar-refractivity contribution in [1.82, 2.24) is 14.9 Å². The Hall–Kier alpha value is -0.910. The van der Waals surface area contributed by atoms with Crippen LogP contribution in [0, 0.1) is 0 Å². The lowest BCUT2D eigenvalue weighted by molar-refractivity contribution is 0.178. The fraction of sp³-hybridized carbons (Fsp3) is 0.692. The SMILES string of the molecule is COCc1nc(Cl)cc(NCC(C)N(C)C2CC2)n1. The molecule has 1 aromatic rings. The third kappa shape index (κ3) is 4.30. The number of nitrogens with zero attached hydrogens (tertiary/aromatic N) is 3. The van der Waals surface area contributed by atoms with Crippen LogP contribution in [0.5, 0.6) is 0 Å². The van der Waals surface area contributed by atoms with E-state index in [-0.39, 0.29) is 0 Å². The first kappa shape index (κ1) is 14.5. The van der Waals surface area contributed by atoms with Crippen LogP contribution < -0.4 is 5.32 Å². The van der Waals surface area contributed by atoms with Gasteiger partial charge < -0.3 is 10.1 Å². The van der Waals surface area contributed by atoms with E-state index in [9.17, 15) is 0 Å². The van der Waals surface area contributed by atoms with Crippen LogP contribution in [-0.2, 0) is 11.3 Å². The third-order valence-electron chi connectivity index (χ3n) is 3.41. The lowest BCUT2D eigenvalue weighted by Gasteiger charge is -2.24. The maximum atomic E-state index is 5.97. The molecule has 1 aromatic heterocycles. The van der Waals surface area contributed by atoms with Gasteiger partial charge in [-0.2, -0.15) is 0 Å². The smallest absolute Gasteiger partial charge is 0.158 e. The number of anilines is 1. The van der Waals surface area contributed by atoms with Crippen LogP contribution in [0.3, 0.4) is 0 Å². The van der Waals surface area contributed by atoms with Crippen molar-refractivity contribution in [2.45, 2.75) is 38.5 Å². The fourth-order valence-corrected chi connectivity index (χ4v) is 2.19. The summed E-state index contributed by atoms with van der Waals surface area (Å²) in [5, 5.41) is 3.75. The van der Waals surface area contributed by atoms with Gasteiger partial charge in [0.15, 0.2) is 5.82 Å². The second kappa shape index (κ2) is 6.50. The number of ether oxygens (including phenoxy) is 1. The van der Waals surface area contributed by atoms with Crippen molar-refractivity contribution in [2.24, 2.45) is 0 Å².